The molecule has 1 N–H and O–H groups in total. The molecule has 1 amide bonds. The van der Waals surface area contributed by atoms with E-state index in [0.717, 1.165) is 38.9 Å². The van der Waals surface area contributed by atoms with Gasteiger partial charge in [0, 0.05) is 34.6 Å². The van der Waals surface area contributed by atoms with Gasteiger partial charge in [-0.3, -0.25) is 14.3 Å². The van der Waals surface area contributed by atoms with E-state index < -0.39 is 0 Å². The van der Waals surface area contributed by atoms with Gasteiger partial charge in [0.15, 0.2) is 11.0 Å². The number of aromatic nitrogens is 5. The van der Waals surface area contributed by atoms with Gasteiger partial charge < -0.3 is 5.32 Å². The molecule has 0 aliphatic rings. The molecule has 2 aromatic carbocycles. The zero-order chi connectivity index (χ0) is 24.0. The molecule has 3 heterocycles. The Hall–Kier alpha value is -3.82. The Morgan fingerprint density at radius 2 is 1.83 bits per heavy atom. The summed E-state index contributed by atoms with van der Waals surface area (Å²) in [5, 5.41) is 15.5. The summed E-state index contributed by atoms with van der Waals surface area (Å²) >= 11 is 2.97. The number of pyridine rings is 1. The van der Waals surface area contributed by atoms with Gasteiger partial charge in [0.05, 0.1) is 23.0 Å². The van der Waals surface area contributed by atoms with Crippen molar-refractivity contribution in [3.8, 4) is 22.6 Å². The van der Waals surface area contributed by atoms with Crippen molar-refractivity contribution in [2.75, 3.05) is 11.1 Å². The predicted octanol–water partition coefficient (Wildman–Crippen LogP) is 5.55. The maximum Gasteiger partial charge on any atom is 0.234 e. The fraction of sp³-hybridized carbons (Fsp3) is 0.115. The molecule has 0 fully saturated rings. The first-order valence-electron chi connectivity index (χ1n) is 11.0. The number of amides is 1. The Kier molecular flexibility index (Phi) is 6.97. The molecule has 7 nitrogen and oxygen atoms in total. The van der Waals surface area contributed by atoms with E-state index >= 15 is 0 Å². The van der Waals surface area contributed by atoms with Crippen LogP contribution < -0.4 is 5.32 Å². The van der Waals surface area contributed by atoms with E-state index in [1.807, 2.05) is 71.5 Å². The second kappa shape index (κ2) is 10.6. The van der Waals surface area contributed by atoms with Crippen molar-refractivity contribution in [1.29, 1.82) is 0 Å². The first-order chi connectivity index (χ1) is 17.2. The van der Waals surface area contributed by atoms with Gasteiger partial charge in [-0.25, -0.2) is 4.98 Å². The highest BCUT2D eigenvalue weighted by Gasteiger charge is 2.16. The maximum atomic E-state index is 12.8. The smallest absolute Gasteiger partial charge is 0.234 e. The molecular formula is C26H22N6OS2. The van der Waals surface area contributed by atoms with E-state index in [4.69, 9.17) is 0 Å². The molecular weight excluding hydrogens is 476 g/mol. The Bertz CT molecular complexity index is 1430. The van der Waals surface area contributed by atoms with Crippen LogP contribution >= 0.6 is 23.1 Å². The lowest BCUT2D eigenvalue weighted by molar-refractivity contribution is -0.113. The first-order valence-corrected chi connectivity index (χ1v) is 12.8. The number of thiazole rings is 1. The quantitative estimate of drug-likeness (QED) is 0.282. The number of carbonyl (C=O) groups excluding carboxylic acids is 1. The van der Waals surface area contributed by atoms with E-state index in [1.165, 1.54) is 11.8 Å². The van der Waals surface area contributed by atoms with Crippen LogP contribution in [0.4, 0.5) is 5.69 Å². The number of benzene rings is 2. The third-order valence-corrected chi connectivity index (χ3v) is 6.97. The number of hydrogen-bond acceptors (Lipinski definition) is 7. The molecule has 174 valence electrons. The van der Waals surface area contributed by atoms with Gasteiger partial charge in [-0.05, 0) is 36.8 Å². The molecule has 5 rings (SSSR count). The summed E-state index contributed by atoms with van der Waals surface area (Å²) < 4.78 is 2.04. The van der Waals surface area contributed by atoms with E-state index in [1.54, 1.807) is 23.7 Å². The average molecular weight is 499 g/mol. The van der Waals surface area contributed by atoms with E-state index in [9.17, 15) is 4.79 Å². The van der Waals surface area contributed by atoms with Crippen molar-refractivity contribution < 1.29 is 4.79 Å². The Morgan fingerprint density at radius 1 is 1.00 bits per heavy atom. The topological polar surface area (TPSA) is 85.6 Å². The van der Waals surface area contributed by atoms with Crippen LogP contribution in [0.1, 0.15) is 10.6 Å². The van der Waals surface area contributed by atoms with Crippen molar-refractivity contribution in [1.82, 2.24) is 24.7 Å². The minimum Gasteiger partial charge on any atom is -0.325 e. The number of nitrogens with one attached hydrogen (secondary N) is 1. The van der Waals surface area contributed by atoms with Crippen molar-refractivity contribution in [3.05, 3.63) is 95.1 Å². The lowest BCUT2D eigenvalue weighted by atomic mass is 10.1. The summed E-state index contributed by atoms with van der Waals surface area (Å²) in [6.45, 7) is 2.58. The highest BCUT2D eigenvalue weighted by molar-refractivity contribution is 7.99. The Balaban J connectivity index is 1.31. The molecule has 5 aromatic rings. The summed E-state index contributed by atoms with van der Waals surface area (Å²) in [6.07, 6.45) is 3.47. The highest BCUT2D eigenvalue weighted by atomic mass is 32.2. The number of hydrogen-bond donors (Lipinski definition) is 1. The second-order valence-electron chi connectivity index (χ2n) is 7.78. The van der Waals surface area contributed by atoms with Crippen LogP contribution in [0, 0.1) is 6.92 Å². The number of nitrogens with zero attached hydrogens (tertiary/aromatic N) is 5. The van der Waals surface area contributed by atoms with Crippen molar-refractivity contribution in [2.24, 2.45) is 0 Å². The van der Waals surface area contributed by atoms with Gasteiger partial charge in [-0.15, -0.1) is 21.5 Å². The van der Waals surface area contributed by atoms with Crippen LogP contribution in [0.5, 0.6) is 0 Å². The number of anilines is 1. The van der Waals surface area contributed by atoms with Crippen LogP contribution in [-0.4, -0.2) is 36.4 Å². The minimum atomic E-state index is -0.110. The van der Waals surface area contributed by atoms with Gasteiger partial charge in [0.1, 0.15) is 0 Å². The molecule has 3 aromatic heterocycles. The maximum absolute atomic E-state index is 12.8. The zero-order valence-electron chi connectivity index (χ0n) is 19.0. The summed E-state index contributed by atoms with van der Waals surface area (Å²) in [4.78, 5) is 21.4. The van der Waals surface area contributed by atoms with Crippen LogP contribution in [0.15, 0.2) is 89.7 Å². The minimum absolute atomic E-state index is 0.110. The van der Waals surface area contributed by atoms with Crippen molar-refractivity contribution in [2.45, 2.75) is 18.6 Å². The SMILES string of the molecule is Cc1nc(-c2cccc(NC(=O)CSc3nnc(-c4ccncc4)n3Cc3ccccc3)c2)cs1. The molecule has 35 heavy (non-hydrogen) atoms. The van der Waals surface area contributed by atoms with Gasteiger partial charge in [0.25, 0.3) is 0 Å². The van der Waals surface area contributed by atoms with E-state index in [0.29, 0.717) is 11.7 Å². The molecule has 9 heteroatoms. The predicted molar refractivity (Wildman–Crippen MR) is 140 cm³/mol. The Labute approximate surface area is 211 Å². The number of aryl methyl sites for hydroxylation is 1. The molecule has 0 atom stereocenters. The fourth-order valence-electron chi connectivity index (χ4n) is 3.60. The largest absolute Gasteiger partial charge is 0.325 e. The van der Waals surface area contributed by atoms with Crippen LogP contribution in [0.3, 0.4) is 0 Å². The van der Waals surface area contributed by atoms with Crippen molar-refractivity contribution in [3.63, 3.8) is 0 Å². The zero-order valence-corrected chi connectivity index (χ0v) is 20.6. The summed E-state index contributed by atoms with van der Waals surface area (Å²) in [5.74, 6) is 0.843. The molecule has 0 radical (unpaired) electrons. The normalized spacial score (nSPS) is 10.9. The molecule has 0 saturated heterocycles. The molecule has 0 bridgehead atoms. The summed E-state index contributed by atoms with van der Waals surface area (Å²) in [7, 11) is 0. The monoisotopic (exact) mass is 498 g/mol. The third-order valence-electron chi connectivity index (χ3n) is 5.23. The number of rotatable bonds is 8. The van der Waals surface area contributed by atoms with E-state index in [2.05, 4.69) is 37.6 Å². The lowest BCUT2D eigenvalue weighted by Gasteiger charge is -2.11. The summed E-state index contributed by atoms with van der Waals surface area (Å²) in [6, 6.07) is 21.7. The van der Waals surface area contributed by atoms with Crippen LogP contribution in [-0.2, 0) is 11.3 Å². The Morgan fingerprint density at radius 3 is 2.60 bits per heavy atom. The van der Waals surface area contributed by atoms with Crippen LogP contribution in [0.2, 0.25) is 0 Å². The molecule has 0 aliphatic heterocycles. The third kappa shape index (κ3) is 5.64. The molecule has 0 spiro atoms. The molecule has 0 saturated carbocycles. The number of carbonyl (C=O) groups is 1. The van der Waals surface area contributed by atoms with Crippen molar-refractivity contribution >= 4 is 34.7 Å². The number of thioether (sulfide) groups is 1. The first kappa shape index (κ1) is 22.9. The van der Waals surface area contributed by atoms with Gasteiger partial charge >= 0.3 is 0 Å². The van der Waals surface area contributed by atoms with Crippen LogP contribution in [0.25, 0.3) is 22.6 Å². The van der Waals surface area contributed by atoms with Gasteiger partial charge in [0.2, 0.25) is 5.91 Å². The summed E-state index contributed by atoms with van der Waals surface area (Å²) in [5.41, 5.74) is 4.68. The van der Waals surface area contributed by atoms with Gasteiger partial charge in [-0.1, -0.05) is 54.2 Å². The van der Waals surface area contributed by atoms with Gasteiger partial charge in [-0.2, -0.15) is 0 Å². The second-order valence-corrected chi connectivity index (χ2v) is 9.79. The fourth-order valence-corrected chi connectivity index (χ4v) is 4.96. The standard InChI is InChI=1S/C26H22N6OS2/c1-18-28-23(16-34-18)21-8-5-9-22(14-21)29-24(33)17-35-26-31-30-25(20-10-12-27-13-11-20)32(26)15-19-6-3-2-4-7-19/h2-14,16H,15,17H2,1H3,(H,29,33). The lowest BCUT2D eigenvalue weighted by Crippen LogP contribution is -2.15. The molecule has 0 unspecified atom stereocenters. The molecule has 0 aliphatic carbocycles. The van der Waals surface area contributed by atoms with E-state index in [-0.39, 0.29) is 11.7 Å². The average Bonchev–Trinajstić information content (AvgIpc) is 3.50. The highest BCUT2D eigenvalue weighted by Crippen LogP contribution is 2.26.